The standard InChI is InChI=1S/C13H18FNO3/c1-9(2)18-7-6-15(3)12-5-4-10(13(16)17)8-11(12)14/h4-5,8-9H,6-7H2,1-3H3,(H,16,17). The third kappa shape index (κ3) is 4.00. The van der Waals surface area contributed by atoms with Crippen LogP contribution in [0.3, 0.4) is 0 Å². The second-order valence-corrected chi connectivity index (χ2v) is 4.31. The summed E-state index contributed by atoms with van der Waals surface area (Å²) in [4.78, 5) is 12.4. The van der Waals surface area contributed by atoms with Gasteiger partial charge in [0.05, 0.1) is 24.0 Å². The summed E-state index contributed by atoms with van der Waals surface area (Å²) in [6.45, 7) is 4.90. The van der Waals surface area contributed by atoms with Crippen molar-refractivity contribution in [2.45, 2.75) is 20.0 Å². The number of anilines is 1. The largest absolute Gasteiger partial charge is 0.478 e. The van der Waals surface area contributed by atoms with Gasteiger partial charge in [-0.25, -0.2) is 9.18 Å². The third-order valence-electron chi connectivity index (χ3n) is 2.48. The summed E-state index contributed by atoms with van der Waals surface area (Å²) in [6.07, 6.45) is 0.137. The van der Waals surface area contributed by atoms with Gasteiger partial charge in [-0.15, -0.1) is 0 Å². The van der Waals surface area contributed by atoms with Crippen LogP contribution in [0.15, 0.2) is 18.2 Å². The molecule has 100 valence electrons. The van der Waals surface area contributed by atoms with Gasteiger partial charge in [-0.1, -0.05) is 0 Å². The molecule has 0 fully saturated rings. The first-order valence-corrected chi connectivity index (χ1v) is 5.77. The molecule has 1 rings (SSSR count). The van der Waals surface area contributed by atoms with Crippen LogP contribution >= 0.6 is 0 Å². The molecule has 4 nitrogen and oxygen atoms in total. The Bertz CT molecular complexity index is 421. The predicted octanol–water partition coefficient (Wildman–Crippen LogP) is 2.39. The van der Waals surface area contributed by atoms with Crippen molar-refractivity contribution in [1.82, 2.24) is 0 Å². The second kappa shape index (κ2) is 6.35. The van der Waals surface area contributed by atoms with Crippen LogP contribution in [0.1, 0.15) is 24.2 Å². The predicted molar refractivity (Wildman–Crippen MR) is 67.7 cm³/mol. The van der Waals surface area contributed by atoms with Crippen LogP contribution < -0.4 is 4.90 Å². The van der Waals surface area contributed by atoms with E-state index < -0.39 is 11.8 Å². The van der Waals surface area contributed by atoms with Crippen LogP contribution in [0.5, 0.6) is 0 Å². The lowest BCUT2D eigenvalue weighted by molar-refractivity contribution is 0.0696. The number of carboxylic acid groups (broad SMARTS) is 1. The minimum atomic E-state index is -1.13. The molecule has 5 heteroatoms. The molecular weight excluding hydrogens is 237 g/mol. The van der Waals surface area contributed by atoms with Gasteiger partial charge >= 0.3 is 5.97 Å². The molecule has 0 aromatic heterocycles. The van der Waals surface area contributed by atoms with E-state index in [0.717, 1.165) is 6.07 Å². The maximum Gasteiger partial charge on any atom is 0.335 e. The third-order valence-corrected chi connectivity index (χ3v) is 2.48. The zero-order chi connectivity index (χ0) is 13.7. The maximum absolute atomic E-state index is 13.7. The van der Waals surface area contributed by atoms with E-state index in [1.807, 2.05) is 13.8 Å². The number of rotatable bonds is 6. The molecule has 0 aliphatic carbocycles. The van der Waals surface area contributed by atoms with E-state index in [1.165, 1.54) is 12.1 Å². The Kier molecular flexibility index (Phi) is 5.09. The Morgan fingerprint density at radius 3 is 2.67 bits per heavy atom. The molecule has 0 radical (unpaired) electrons. The van der Waals surface area contributed by atoms with E-state index in [1.54, 1.807) is 11.9 Å². The van der Waals surface area contributed by atoms with Gasteiger partial charge in [-0.2, -0.15) is 0 Å². The summed E-state index contributed by atoms with van der Waals surface area (Å²) in [5.41, 5.74) is 0.315. The summed E-state index contributed by atoms with van der Waals surface area (Å²) >= 11 is 0. The van der Waals surface area contributed by atoms with E-state index in [-0.39, 0.29) is 11.7 Å². The number of ether oxygens (including phenoxy) is 1. The highest BCUT2D eigenvalue weighted by atomic mass is 19.1. The van der Waals surface area contributed by atoms with Crippen molar-refractivity contribution in [2.75, 3.05) is 25.1 Å². The quantitative estimate of drug-likeness (QED) is 0.848. The molecule has 1 aromatic rings. The smallest absolute Gasteiger partial charge is 0.335 e. The van der Waals surface area contributed by atoms with Crippen LogP contribution in [-0.2, 0) is 4.74 Å². The summed E-state index contributed by atoms with van der Waals surface area (Å²) in [7, 11) is 1.74. The Hall–Kier alpha value is -1.62. The molecule has 0 spiro atoms. The number of aromatic carboxylic acids is 1. The molecule has 0 aliphatic heterocycles. The highest BCUT2D eigenvalue weighted by Crippen LogP contribution is 2.19. The van der Waals surface area contributed by atoms with Crippen molar-refractivity contribution in [1.29, 1.82) is 0 Å². The number of halogens is 1. The number of benzene rings is 1. The first-order valence-electron chi connectivity index (χ1n) is 5.77. The SMILES string of the molecule is CC(C)OCCN(C)c1ccc(C(=O)O)cc1F. The highest BCUT2D eigenvalue weighted by Gasteiger charge is 2.11. The van der Waals surface area contributed by atoms with Crippen molar-refractivity contribution in [2.24, 2.45) is 0 Å². The van der Waals surface area contributed by atoms with Crippen molar-refractivity contribution < 1.29 is 19.0 Å². The van der Waals surface area contributed by atoms with Crippen molar-refractivity contribution in [3.63, 3.8) is 0 Å². The Balaban J connectivity index is 2.68. The first kappa shape index (κ1) is 14.4. The van der Waals surface area contributed by atoms with Crippen LogP contribution in [0.4, 0.5) is 10.1 Å². The van der Waals surface area contributed by atoms with E-state index in [0.29, 0.717) is 18.8 Å². The van der Waals surface area contributed by atoms with Gasteiger partial charge < -0.3 is 14.7 Å². The van der Waals surface area contributed by atoms with Crippen LogP contribution in [-0.4, -0.2) is 37.4 Å². The fraction of sp³-hybridized carbons (Fsp3) is 0.462. The molecule has 0 aliphatic rings. The summed E-state index contributed by atoms with van der Waals surface area (Å²) < 4.78 is 19.1. The molecule has 0 saturated heterocycles. The lowest BCUT2D eigenvalue weighted by atomic mass is 10.2. The summed E-state index contributed by atoms with van der Waals surface area (Å²) in [5, 5.41) is 8.74. The highest BCUT2D eigenvalue weighted by molar-refractivity contribution is 5.88. The monoisotopic (exact) mass is 255 g/mol. The van der Waals surface area contributed by atoms with Gasteiger partial charge in [0.2, 0.25) is 0 Å². The molecule has 0 atom stereocenters. The van der Waals surface area contributed by atoms with Crippen LogP contribution in [0, 0.1) is 5.82 Å². The van der Waals surface area contributed by atoms with Gasteiger partial charge in [-0.05, 0) is 32.0 Å². The van der Waals surface area contributed by atoms with Gasteiger partial charge in [0.25, 0.3) is 0 Å². The van der Waals surface area contributed by atoms with Gasteiger partial charge in [0, 0.05) is 13.6 Å². The Morgan fingerprint density at radius 2 is 2.17 bits per heavy atom. The molecule has 0 bridgehead atoms. The van der Waals surface area contributed by atoms with E-state index >= 15 is 0 Å². The fourth-order valence-corrected chi connectivity index (χ4v) is 1.50. The fourth-order valence-electron chi connectivity index (χ4n) is 1.50. The molecule has 0 unspecified atom stereocenters. The van der Waals surface area contributed by atoms with Crippen molar-refractivity contribution >= 4 is 11.7 Å². The minimum absolute atomic E-state index is 0.0527. The minimum Gasteiger partial charge on any atom is -0.478 e. The molecule has 18 heavy (non-hydrogen) atoms. The number of nitrogens with zero attached hydrogens (tertiary/aromatic N) is 1. The number of carbonyl (C=O) groups is 1. The molecular formula is C13H18FNO3. The molecule has 0 heterocycles. The maximum atomic E-state index is 13.7. The zero-order valence-electron chi connectivity index (χ0n) is 10.8. The van der Waals surface area contributed by atoms with E-state index in [2.05, 4.69) is 0 Å². The van der Waals surface area contributed by atoms with Crippen molar-refractivity contribution in [3.8, 4) is 0 Å². The first-order chi connectivity index (χ1) is 8.41. The Labute approximate surface area is 106 Å². The average Bonchev–Trinajstić information content (AvgIpc) is 2.27. The number of hydrogen-bond acceptors (Lipinski definition) is 3. The second-order valence-electron chi connectivity index (χ2n) is 4.31. The van der Waals surface area contributed by atoms with Crippen LogP contribution in [0.25, 0.3) is 0 Å². The molecule has 0 saturated carbocycles. The lowest BCUT2D eigenvalue weighted by Gasteiger charge is -2.20. The molecule has 1 aromatic carbocycles. The van der Waals surface area contributed by atoms with E-state index in [9.17, 15) is 9.18 Å². The van der Waals surface area contributed by atoms with Gasteiger partial charge in [-0.3, -0.25) is 0 Å². The summed E-state index contributed by atoms with van der Waals surface area (Å²) in [6, 6.07) is 3.88. The lowest BCUT2D eigenvalue weighted by Crippen LogP contribution is -2.24. The van der Waals surface area contributed by atoms with Gasteiger partial charge in [0.1, 0.15) is 5.82 Å². The Morgan fingerprint density at radius 1 is 1.50 bits per heavy atom. The molecule has 1 N–H and O–H groups in total. The summed E-state index contributed by atoms with van der Waals surface area (Å²) in [5.74, 6) is -1.67. The normalized spacial score (nSPS) is 10.7. The molecule has 0 amide bonds. The van der Waals surface area contributed by atoms with E-state index in [4.69, 9.17) is 9.84 Å². The topological polar surface area (TPSA) is 49.8 Å². The van der Waals surface area contributed by atoms with Crippen LogP contribution in [0.2, 0.25) is 0 Å². The number of carboxylic acids is 1. The number of likely N-dealkylation sites (N-methyl/N-ethyl adjacent to an activating group) is 1. The number of hydrogen-bond donors (Lipinski definition) is 1. The zero-order valence-corrected chi connectivity index (χ0v) is 10.8. The van der Waals surface area contributed by atoms with Crippen molar-refractivity contribution in [3.05, 3.63) is 29.6 Å². The average molecular weight is 255 g/mol. The van der Waals surface area contributed by atoms with Gasteiger partial charge in [0.15, 0.2) is 0 Å².